The molecule has 0 radical (unpaired) electrons. The van der Waals surface area contributed by atoms with Crippen LogP contribution >= 0.6 is 15.9 Å². The van der Waals surface area contributed by atoms with E-state index in [9.17, 15) is 0 Å². The number of hydrogen-bond acceptors (Lipinski definition) is 4. The Bertz CT molecular complexity index is 569. The SMILES string of the molecule is CCCNC(c1ccco1)c1ccc(OC)c(Br)c1OC. The van der Waals surface area contributed by atoms with Crippen molar-refractivity contribution in [2.24, 2.45) is 0 Å². The summed E-state index contributed by atoms with van der Waals surface area (Å²) in [7, 11) is 3.29. The minimum Gasteiger partial charge on any atom is -0.495 e. The number of ether oxygens (including phenoxy) is 2. The molecule has 0 bridgehead atoms. The lowest BCUT2D eigenvalue weighted by atomic mass is 10.0. The monoisotopic (exact) mass is 353 g/mol. The minimum atomic E-state index is -0.0582. The summed E-state index contributed by atoms with van der Waals surface area (Å²) in [5.74, 6) is 2.35. The molecular formula is C16H20BrNO3. The highest BCUT2D eigenvalue weighted by atomic mass is 79.9. The Morgan fingerprint density at radius 1 is 1.24 bits per heavy atom. The van der Waals surface area contributed by atoms with Gasteiger partial charge in [-0.1, -0.05) is 6.92 Å². The number of hydrogen-bond donors (Lipinski definition) is 1. The van der Waals surface area contributed by atoms with Gasteiger partial charge < -0.3 is 19.2 Å². The maximum absolute atomic E-state index is 5.58. The average Bonchev–Trinajstić information content (AvgIpc) is 3.02. The first-order valence-corrected chi connectivity index (χ1v) is 7.69. The second kappa shape index (κ2) is 7.52. The maximum Gasteiger partial charge on any atom is 0.142 e. The molecular weight excluding hydrogens is 334 g/mol. The highest BCUT2D eigenvalue weighted by Gasteiger charge is 2.23. The van der Waals surface area contributed by atoms with Crippen molar-refractivity contribution in [1.82, 2.24) is 5.32 Å². The van der Waals surface area contributed by atoms with Gasteiger partial charge in [0.05, 0.1) is 26.5 Å². The molecule has 0 fully saturated rings. The molecule has 0 saturated carbocycles. The number of furan rings is 1. The molecule has 1 heterocycles. The van der Waals surface area contributed by atoms with Crippen LogP contribution in [0, 0.1) is 0 Å². The van der Waals surface area contributed by atoms with E-state index >= 15 is 0 Å². The Morgan fingerprint density at radius 2 is 2.05 bits per heavy atom. The van der Waals surface area contributed by atoms with Crippen LogP contribution in [0.1, 0.15) is 30.7 Å². The van der Waals surface area contributed by atoms with E-state index < -0.39 is 0 Å². The van der Waals surface area contributed by atoms with Gasteiger partial charge in [-0.15, -0.1) is 0 Å². The summed E-state index contributed by atoms with van der Waals surface area (Å²) in [5, 5.41) is 3.49. The Labute approximate surface area is 133 Å². The van der Waals surface area contributed by atoms with Crippen molar-refractivity contribution < 1.29 is 13.9 Å². The lowest BCUT2D eigenvalue weighted by Gasteiger charge is -2.21. The van der Waals surface area contributed by atoms with Crippen LogP contribution in [0.5, 0.6) is 11.5 Å². The second-order valence-corrected chi connectivity index (χ2v) is 5.40. The second-order valence-electron chi connectivity index (χ2n) is 4.61. The lowest BCUT2D eigenvalue weighted by Crippen LogP contribution is -2.23. The van der Waals surface area contributed by atoms with E-state index in [0.29, 0.717) is 0 Å². The molecule has 0 aliphatic rings. The predicted octanol–water partition coefficient (Wildman–Crippen LogP) is 4.15. The predicted molar refractivity (Wildman–Crippen MR) is 86.1 cm³/mol. The molecule has 2 aromatic rings. The molecule has 114 valence electrons. The van der Waals surface area contributed by atoms with Crippen molar-refractivity contribution in [1.29, 1.82) is 0 Å². The number of halogens is 1. The molecule has 0 amide bonds. The number of nitrogens with one attached hydrogen (secondary N) is 1. The van der Waals surface area contributed by atoms with Crippen LogP contribution in [-0.2, 0) is 0 Å². The zero-order chi connectivity index (χ0) is 15.2. The minimum absolute atomic E-state index is 0.0582. The zero-order valence-electron chi connectivity index (χ0n) is 12.5. The van der Waals surface area contributed by atoms with Crippen molar-refractivity contribution in [2.75, 3.05) is 20.8 Å². The van der Waals surface area contributed by atoms with Gasteiger partial charge in [0.2, 0.25) is 0 Å². The quantitative estimate of drug-likeness (QED) is 0.811. The van der Waals surface area contributed by atoms with Crippen LogP contribution in [0.2, 0.25) is 0 Å². The molecule has 1 aromatic carbocycles. The van der Waals surface area contributed by atoms with Crippen LogP contribution in [0.15, 0.2) is 39.4 Å². The first-order chi connectivity index (χ1) is 10.2. The largest absolute Gasteiger partial charge is 0.495 e. The van der Waals surface area contributed by atoms with Crippen molar-refractivity contribution in [2.45, 2.75) is 19.4 Å². The molecule has 0 aliphatic heterocycles. The molecule has 2 rings (SSSR count). The van der Waals surface area contributed by atoms with Gasteiger partial charge in [0.1, 0.15) is 21.7 Å². The van der Waals surface area contributed by atoms with E-state index in [1.807, 2.05) is 24.3 Å². The van der Waals surface area contributed by atoms with Gasteiger partial charge in [0.25, 0.3) is 0 Å². The Kier molecular flexibility index (Phi) is 5.70. The molecule has 1 aromatic heterocycles. The van der Waals surface area contributed by atoms with Crippen molar-refractivity contribution in [3.63, 3.8) is 0 Å². The summed E-state index contributed by atoms with van der Waals surface area (Å²) in [6, 6.07) is 7.72. The van der Waals surface area contributed by atoms with Crippen LogP contribution in [0.25, 0.3) is 0 Å². The van der Waals surface area contributed by atoms with Crippen LogP contribution in [-0.4, -0.2) is 20.8 Å². The lowest BCUT2D eigenvalue weighted by molar-refractivity contribution is 0.376. The number of methoxy groups -OCH3 is 2. The molecule has 21 heavy (non-hydrogen) atoms. The Morgan fingerprint density at radius 3 is 2.62 bits per heavy atom. The molecule has 1 N–H and O–H groups in total. The summed E-state index contributed by atoms with van der Waals surface area (Å²) < 4.78 is 17.3. The van der Waals surface area contributed by atoms with Gasteiger partial charge in [0, 0.05) is 5.56 Å². The standard InChI is InChI=1S/C16H20BrNO3/c1-4-9-18-15(13-6-5-10-21-13)11-7-8-12(19-2)14(17)16(11)20-3/h5-8,10,15,18H,4,9H2,1-3H3. The van der Waals surface area contributed by atoms with E-state index in [0.717, 1.165) is 40.3 Å². The molecule has 1 unspecified atom stereocenters. The molecule has 0 spiro atoms. The van der Waals surface area contributed by atoms with E-state index in [-0.39, 0.29) is 6.04 Å². The first-order valence-electron chi connectivity index (χ1n) is 6.90. The van der Waals surface area contributed by atoms with Gasteiger partial charge in [-0.25, -0.2) is 0 Å². The third-order valence-corrected chi connectivity index (χ3v) is 4.00. The molecule has 0 aliphatic carbocycles. The summed E-state index contributed by atoms with van der Waals surface area (Å²) in [6.07, 6.45) is 2.72. The fraction of sp³-hybridized carbons (Fsp3) is 0.375. The smallest absolute Gasteiger partial charge is 0.142 e. The summed E-state index contributed by atoms with van der Waals surface area (Å²) >= 11 is 3.54. The normalized spacial score (nSPS) is 12.2. The van der Waals surface area contributed by atoms with Gasteiger partial charge in [-0.3, -0.25) is 0 Å². The molecule has 5 heteroatoms. The third kappa shape index (κ3) is 3.41. The van der Waals surface area contributed by atoms with Crippen LogP contribution < -0.4 is 14.8 Å². The molecule has 1 atom stereocenters. The zero-order valence-corrected chi connectivity index (χ0v) is 14.1. The Hall–Kier alpha value is -1.46. The van der Waals surface area contributed by atoms with Crippen molar-refractivity contribution in [3.8, 4) is 11.5 Å². The first kappa shape index (κ1) is 15.9. The average molecular weight is 354 g/mol. The third-order valence-electron chi connectivity index (χ3n) is 3.25. The van der Waals surface area contributed by atoms with E-state index in [2.05, 4.69) is 28.2 Å². The van der Waals surface area contributed by atoms with Crippen LogP contribution in [0.4, 0.5) is 0 Å². The van der Waals surface area contributed by atoms with E-state index in [4.69, 9.17) is 13.9 Å². The summed E-state index contributed by atoms with van der Waals surface area (Å²) in [5.41, 5.74) is 1.01. The number of rotatable bonds is 7. The highest BCUT2D eigenvalue weighted by Crippen LogP contribution is 2.41. The topological polar surface area (TPSA) is 43.6 Å². The highest BCUT2D eigenvalue weighted by molar-refractivity contribution is 9.10. The van der Waals surface area contributed by atoms with Crippen molar-refractivity contribution in [3.05, 3.63) is 46.3 Å². The van der Waals surface area contributed by atoms with Gasteiger partial charge in [-0.2, -0.15) is 0 Å². The van der Waals surface area contributed by atoms with E-state index in [1.165, 1.54) is 0 Å². The Balaban J connectivity index is 2.46. The van der Waals surface area contributed by atoms with E-state index in [1.54, 1.807) is 20.5 Å². The van der Waals surface area contributed by atoms with Crippen LogP contribution in [0.3, 0.4) is 0 Å². The maximum atomic E-state index is 5.58. The summed E-state index contributed by atoms with van der Waals surface area (Å²) in [4.78, 5) is 0. The van der Waals surface area contributed by atoms with Gasteiger partial charge in [-0.05, 0) is 53.2 Å². The molecule has 4 nitrogen and oxygen atoms in total. The fourth-order valence-corrected chi connectivity index (χ4v) is 2.94. The molecule has 0 saturated heterocycles. The van der Waals surface area contributed by atoms with Crippen molar-refractivity contribution >= 4 is 15.9 Å². The fourth-order valence-electron chi connectivity index (χ4n) is 2.25. The summed E-state index contributed by atoms with van der Waals surface area (Å²) in [6.45, 7) is 3.02. The number of benzene rings is 1. The van der Waals surface area contributed by atoms with Gasteiger partial charge >= 0.3 is 0 Å². The van der Waals surface area contributed by atoms with Gasteiger partial charge in [0.15, 0.2) is 0 Å².